The molecule has 1 heterocycles. The van der Waals surface area contributed by atoms with Crippen LogP contribution in [0.15, 0.2) is 18.2 Å². The first-order valence-electron chi connectivity index (χ1n) is 11.0. The summed E-state index contributed by atoms with van der Waals surface area (Å²) in [6.45, 7) is 3.99. The van der Waals surface area contributed by atoms with Gasteiger partial charge in [0.15, 0.2) is 0 Å². The van der Waals surface area contributed by atoms with Gasteiger partial charge >= 0.3 is 0 Å². The van der Waals surface area contributed by atoms with Gasteiger partial charge in [-0.15, -0.1) is 0 Å². The van der Waals surface area contributed by atoms with E-state index in [9.17, 15) is 23.1 Å². The van der Waals surface area contributed by atoms with E-state index in [2.05, 4.69) is 10.2 Å². The van der Waals surface area contributed by atoms with Crippen LogP contribution in [0.2, 0.25) is 0 Å². The van der Waals surface area contributed by atoms with Gasteiger partial charge in [0.25, 0.3) is 0 Å². The number of amides is 1. The number of aryl methyl sites for hydroxylation is 1. The highest BCUT2D eigenvalue weighted by atomic mass is 19.3. The third-order valence-corrected chi connectivity index (χ3v) is 7.27. The fraction of sp³-hybridized carbons (Fsp3) is 0.696. The molecule has 0 atom stereocenters. The lowest BCUT2D eigenvalue weighted by Crippen LogP contribution is -2.62. The zero-order chi connectivity index (χ0) is 21.6. The lowest BCUT2D eigenvalue weighted by atomic mass is 9.65. The molecule has 0 unspecified atom stereocenters. The molecule has 30 heavy (non-hydrogen) atoms. The monoisotopic (exact) mass is 424 g/mol. The van der Waals surface area contributed by atoms with E-state index in [0.29, 0.717) is 12.2 Å². The van der Waals surface area contributed by atoms with Crippen LogP contribution in [0.1, 0.15) is 56.9 Å². The van der Waals surface area contributed by atoms with Gasteiger partial charge in [-0.05, 0) is 74.6 Å². The highest BCUT2D eigenvalue weighted by Gasteiger charge is 2.49. The van der Waals surface area contributed by atoms with E-state index in [1.54, 1.807) is 13.0 Å². The molecule has 4 rings (SSSR count). The minimum absolute atomic E-state index is 0.0523. The summed E-state index contributed by atoms with van der Waals surface area (Å²) in [7, 11) is 0. The Morgan fingerprint density at radius 2 is 1.73 bits per heavy atom. The van der Waals surface area contributed by atoms with Crippen molar-refractivity contribution in [1.82, 2.24) is 4.90 Å². The molecular formula is C23H31F3N2O2. The Balaban J connectivity index is 1.23. The molecular weight excluding hydrogens is 393 g/mol. The van der Waals surface area contributed by atoms with E-state index in [-0.39, 0.29) is 48.7 Å². The van der Waals surface area contributed by atoms with Crippen LogP contribution >= 0.6 is 0 Å². The van der Waals surface area contributed by atoms with Gasteiger partial charge in [-0.2, -0.15) is 0 Å². The number of carbonyl (C=O) groups is 1. The normalized spacial score (nSPS) is 25.6. The van der Waals surface area contributed by atoms with Crippen molar-refractivity contribution in [3.05, 3.63) is 29.6 Å². The predicted molar refractivity (Wildman–Crippen MR) is 109 cm³/mol. The van der Waals surface area contributed by atoms with Crippen molar-refractivity contribution < 1.29 is 23.1 Å². The van der Waals surface area contributed by atoms with Gasteiger partial charge in [-0.3, -0.25) is 9.69 Å². The lowest BCUT2D eigenvalue weighted by Gasteiger charge is -2.55. The molecule has 0 bridgehead atoms. The minimum atomic E-state index is -2.63. The molecule has 0 aromatic heterocycles. The van der Waals surface area contributed by atoms with Crippen molar-refractivity contribution in [2.24, 2.45) is 11.3 Å². The maximum Gasteiger partial charge on any atom is 0.248 e. The van der Waals surface area contributed by atoms with Crippen molar-refractivity contribution in [2.45, 2.75) is 69.8 Å². The Bertz CT molecular complexity index is 767. The highest BCUT2D eigenvalue weighted by Crippen LogP contribution is 2.47. The molecule has 7 heteroatoms. The number of halogens is 3. The summed E-state index contributed by atoms with van der Waals surface area (Å²) in [5, 5.41) is 13.5. The van der Waals surface area contributed by atoms with Crippen LogP contribution in [0.4, 0.5) is 18.9 Å². The molecule has 1 aromatic rings. The summed E-state index contributed by atoms with van der Waals surface area (Å²) >= 11 is 0. The largest absolute Gasteiger partial charge is 0.389 e. The predicted octanol–water partition coefficient (Wildman–Crippen LogP) is 4.51. The van der Waals surface area contributed by atoms with Gasteiger partial charge in [0, 0.05) is 44.1 Å². The minimum Gasteiger partial charge on any atom is -0.389 e. The number of nitrogens with one attached hydrogen (secondary N) is 1. The maximum atomic E-state index is 13.5. The number of rotatable bonds is 4. The first-order valence-corrected chi connectivity index (χ1v) is 11.0. The summed E-state index contributed by atoms with van der Waals surface area (Å²) in [5.74, 6) is -3.11. The van der Waals surface area contributed by atoms with Crippen LogP contribution in [0.3, 0.4) is 0 Å². The van der Waals surface area contributed by atoms with Crippen molar-refractivity contribution in [1.29, 1.82) is 0 Å². The highest BCUT2D eigenvalue weighted by molar-refractivity contribution is 5.92. The molecule has 166 valence electrons. The van der Waals surface area contributed by atoms with Crippen LogP contribution in [-0.4, -0.2) is 47.1 Å². The second-order valence-electron chi connectivity index (χ2n) is 10.0. The standard InChI is InChI=1S/C23H31F3N2O2/c1-16-10-18(24)12-19(11-16)27-20(29)17-2-4-21(5-3-17)13-28(14-21)15-22(30)6-8-23(25,26)9-7-22/h10-12,17,30H,2-9,13-15H2,1H3,(H,27,29). The van der Waals surface area contributed by atoms with Crippen LogP contribution in [0.25, 0.3) is 0 Å². The molecule has 2 saturated carbocycles. The number of alkyl halides is 2. The summed E-state index contributed by atoms with van der Waals surface area (Å²) in [5.41, 5.74) is 0.453. The molecule has 1 aliphatic heterocycles. The number of aliphatic hydroxyl groups is 1. The summed E-state index contributed by atoms with van der Waals surface area (Å²) in [6, 6.07) is 4.53. The van der Waals surface area contributed by atoms with Crippen LogP contribution in [-0.2, 0) is 4.79 Å². The third kappa shape index (κ3) is 4.83. The topological polar surface area (TPSA) is 52.6 Å². The van der Waals surface area contributed by atoms with E-state index in [1.165, 1.54) is 12.1 Å². The molecule has 2 N–H and O–H groups in total. The molecule has 0 radical (unpaired) electrons. The second kappa shape index (κ2) is 7.83. The molecule has 1 saturated heterocycles. The van der Waals surface area contributed by atoms with E-state index < -0.39 is 11.5 Å². The number of anilines is 1. The molecule has 1 amide bonds. The molecule has 2 aliphatic carbocycles. The molecule has 1 spiro atoms. The number of β-amino-alcohol motifs (C(OH)–C–C–N with tert-alkyl or cyclic N) is 1. The Hall–Kier alpha value is -1.60. The number of hydrogen-bond donors (Lipinski definition) is 2. The quantitative estimate of drug-likeness (QED) is 0.748. The van der Waals surface area contributed by atoms with Crippen molar-refractivity contribution in [3.63, 3.8) is 0 Å². The Morgan fingerprint density at radius 1 is 1.10 bits per heavy atom. The first-order chi connectivity index (χ1) is 14.1. The van der Waals surface area contributed by atoms with Gasteiger partial charge in [-0.1, -0.05) is 0 Å². The summed E-state index contributed by atoms with van der Waals surface area (Å²) in [4.78, 5) is 14.8. The van der Waals surface area contributed by atoms with Crippen LogP contribution in [0.5, 0.6) is 0 Å². The smallest absolute Gasteiger partial charge is 0.248 e. The zero-order valence-corrected chi connectivity index (χ0v) is 17.5. The number of benzene rings is 1. The Labute approximate surface area is 175 Å². The number of likely N-dealkylation sites (tertiary alicyclic amines) is 1. The zero-order valence-electron chi connectivity index (χ0n) is 17.5. The summed E-state index contributed by atoms with van der Waals surface area (Å²) in [6.07, 6.45) is 3.33. The van der Waals surface area contributed by atoms with E-state index >= 15 is 0 Å². The molecule has 4 nitrogen and oxygen atoms in total. The molecule has 1 aromatic carbocycles. The van der Waals surface area contributed by atoms with Crippen molar-refractivity contribution in [2.75, 3.05) is 25.0 Å². The van der Waals surface area contributed by atoms with Crippen LogP contribution < -0.4 is 5.32 Å². The number of nitrogens with zero attached hydrogens (tertiary/aromatic N) is 1. The molecule has 3 fully saturated rings. The maximum absolute atomic E-state index is 13.5. The average Bonchev–Trinajstić information content (AvgIpc) is 2.63. The fourth-order valence-corrected chi connectivity index (χ4v) is 5.53. The Morgan fingerprint density at radius 3 is 2.33 bits per heavy atom. The fourth-order valence-electron chi connectivity index (χ4n) is 5.53. The first kappa shape index (κ1) is 21.6. The third-order valence-electron chi connectivity index (χ3n) is 7.27. The van der Waals surface area contributed by atoms with Crippen molar-refractivity contribution >= 4 is 11.6 Å². The average molecular weight is 425 g/mol. The van der Waals surface area contributed by atoms with E-state index in [0.717, 1.165) is 44.3 Å². The Kier molecular flexibility index (Phi) is 5.64. The second-order valence-corrected chi connectivity index (χ2v) is 10.0. The van der Waals surface area contributed by atoms with E-state index in [1.807, 2.05) is 0 Å². The van der Waals surface area contributed by atoms with Gasteiger partial charge in [0.05, 0.1) is 5.60 Å². The lowest BCUT2D eigenvalue weighted by molar-refractivity contribution is -0.138. The number of carbonyl (C=O) groups excluding carboxylic acids is 1. The van der Waals surface area contributed by atoms with Crippen LogP contribution in [0, 0.1) is 24.1 Å². The van der Waals surface area contributed by atoms with E-state index in [4.69, 9.17) is 0 Å². The molecule has 3 aliphatic rings. The number of hydrogen-bond acceptors (Lipinski definition) is 3. The van der Waals surface area contributed by atoms with Gasteiger partial charge in [-0.25, -0.2) is 13.2 Å². The van der Waals surface area contributed by atoms with Gasteiger partial charge in [0.2, 0.25) is 11.8 Å². The SMILES string of the molecule is Cc1cc(F)cc(NC(=O)C2CCC3(CC2)CN(CC2(O)CCC(F)(F)CC2)C3)c1. The van der Waals surface area contributed by atoms with Gasteiger partial charge in [0.1, 0.15) is 5.82 Å². The summed E-state index contributed by atoms with van der Waals surface area (Å²) < 4.78 is 40.3. The van der Waals surface area contributed by atoms with Gasteiger partial charge < -0.3 is 10.4 Å². The van der Waals surface area contributed by atoms with Crippen molar-refractivity contribution in [3.8, 4) is 0 Å².